The molecule has 0 unspecified atom stereocenters. The lowest BCUT2D eigenvalue weighted by Crippen LogP contribution is -2.46. The van der Waals surface area contributed by atoms with Crippen molar-refractivity contribution in [2.24, 2.45) is 5.73 Å². The smallest absolute Gasteiger partial charge is 0.251 e. The predicted molar refractivity (Wildman–Crippen MR) is 100 cm³/mol. The van der Waals surface area contributed by atoms with Crippen LogP contribution in [0.4, 0.5) is 0 Å². The van der Waals surface area contributed by atoms with E-state index in [1.807, 2.05) is 12.1 Å². The molecule has 0 aliphatic carbocycles. The zero-order valence-electron chi connectivity index (χ0n) is 15.2. The Labute approximate surface area is 153 Å². The summed E-state index contributed by atoms with van der Waals surface area (Å²) in [5, 5.41) is 11.8. The van der Waals surface area contributed by atoms with Gasteiger partial charge in [0.15, 0.2) is 0 Å². The molecule has 134 valence electrons. The molecule has 2 aromatic rings. The van der Waals surface area contributed by atoms with E-state index in [0.29, 0.717) is 16.7 Å². The number of benzene rings is 2. The van der Waals surface area contributed by atoms with E-state index in [0.717, 1.165) is 5.56 Å². The molecule has 0 fully saturated rings. The maximum absolute atomic E-state index is 12.5. The first-order chi connectivity index (χ1) is 12.2. The summed E-state index contributed by atoms with van der Waals surface area (Å²) >= 11 is 0. The summed E-state index contributed by atoms with van der Waals surface area (Å²) in [6, 6.07) is 15.4. The molecule has 26 heavy (non-hydrogen) atoms. The number of rotatable bonds is 5. The lowest BCUT2D eigenvalue weighted by Gasteiger charge is -2.20. The minimum Gasteiger partial charge on any atom is -0.368 e. The van der Waals surface area contributed by atoms with Gasteiger partial charge in [-0.05, 0) is 34.7 Å². The van der Waals surface area contributed by atoms with Crippen molar-refractivity contribution in [3.05, 3.63) is 70.8 Å². The van der Waals surface area contributed by atoms with Crippen LogP contribution in [-0.4, -0.2) is 17.9 Å². The Morgan fingerprint density at radius 2 is 1.73 bits per heavy atom. The summed E-state index contributed by atoms with van der Waals surface area (Å²) in [5.41, 5.74) is 8.14. The van der Waals surface area contributed by atoms with Crippen molar-refractivity contribution in [3.63, 3.8) is 0 Å². The minimum absolute atomic E-state index is 0.00816. The lowest BCUT2D eigenvalue weighted by atomic mass is 9.86. The fourth-order valence-corrected chi connectivity index (χ4v) is 2.61. The molecule has 0 aliphatic heterocycles. The summed E-state index contributed by atoms with van der Waals surface area (Å²) in [6.45, 7) is 6.29. The number of nitrogens with one attached hydrogen (secondary N) is 1. The Morgan fingerprint density at radius 3 is 2.27 bits per heavy atom. The molecule has 0 spiro atoms. The van der Waals surface area contributed by atoms with Crippen molar-refractivity contribution < 1.29 is 9.59 Å². The third-order valence-electron chi connectivity index (χ3n) is 4.22. The molecule has 0 heterocycles. The second-order valence-corrected chi connectivity index (χ2v) is 7.23. The first kappa shape index (κ1) is 19.2. The molecule has 0 saturated carbocycles. The van der Waals surface area contributed by atoms with Crippen LogP contribution in [0.2, 0.25) is 0 Å². The van der Waals surface area contributed by atoms with Gasteiger partial charge in [0.1, 0.15) is 6.04 Å². The topological polar surface area (TPSA) is 96.0 Å². The van der Waals surface area contributed by atoms with Crippen molar-refractivity contribution in [3.8, 4) is 6.07 Å². The SMILES string of the molecule is CC(C)(C)c1ccc(C(=O)N[C@H](Cc2ccccc2C#N)C(N)=O)cc1. The first-order valence-corrected chi connectivity index (χ1v) is 8.41. The third-order valence-corrected chi connectivity index (χ3v) is 4.22. The van der Waals surface area contributed by atoms with E-state index in [1.54, 1.807) is 36.4 Å². The molecule has 1 atom stereocenters. The van der Waals surface area contributed by atoms with Crippen LogP contribution in [0.15, 0.2) is 48.5 Å². The van der Waals surface area contributed by atoms with Crippen molar-refractivity contribution >= 4 is 11.8 Å². The number of nitrogens with two attached hydrogens (primary N) is 1. The second kappa shape index (κ2) is 7.83. The van der Waals surface area contributed by atoms with E-state index in [1.165, 1.54) is 0 Å². The number of nitriles is 1. The number of amides is 2. The van der Waals surface area contributed by atoms with Crippen molar-refractivity contribution in [1.29, 1.82) is 5.26 Å². The lowest BCUT2D eigenvalue weighted by molar-refractivity contribution is -0.119. The maximum atomic E-state index is 12.5. The molecular formula is C21H23N3O2. The average Bonchev–Trinajstić information content (AvgIpc) is 2.60. The van der Waals surface area contributed by atoms with Gasteiger partial charge in [-0.25, -0.2) is 0 Å². The highest BCUT2D eigenvalue weighted by atomic mass is 16.2. The molecule has 0 aromatic heterocycles. The van der Waals surface area contributed by atoms with E-state index in [-0.39, 0.29) is 17.7 Å². The van der Waals surface area contributed by atoms with Crippen LogP contribution in [-0.2, 0) is 16.6 Å². The Kier molecular flexibility index (Phi) is 5.78. The molecule has 5 nitrogen and oxygen atoms in total. The third kappa shape index (κ3) is 4.70. The zero-order valence-corrected chi connectivity index (χ0v) is 15.2. The Morgan fingerprint density at radius 1 is 1.12 bits per heavy atom. The van der Waals surface area contributed by atoms with Crippen LogP contribution < -0.4 is 11.1 Å². The number of carbonyl (C=O) groups excluding carboxylic acids is 2. The minimum atomic E-state index is -0.890. The number of nitrogens with zero attached hydrogens (tertiary/aromatic N) is 1. The highest BCUT2D eigenvalue weighted by Gasteiger charge is 2.21. The fraction of sp³-hybridized carbons (Fsp3) is 0.286. The molecule has 0 aliphatic rings. The zero-order chi connectivity index (χ0) is 19.3. The number of hydrogen-bond donors (Lipinski definition) is 2. The molecule has 0 saturated heterocycles. The number of primary amides is 1. The normalized spacial score (nSPS) is 12.1. The summed E-state index contributed by atoms with van der Waals surface area (Å²) in [5.74, 6) is -1.01. The van der Waals surface area contributed by atoms with Crippen LogP contribution in [0, 0.1) is 11.3 Å². The maximum Gasteiger partial charge on any atom is 0.251 e. The first-order valence-electron chi connectivity index (χ1n) is 8.41. The molecule has 3 N–H and O–H groups in total. The van der Waals surface area contributed by atoms with Gasteiger partial charge < -0.3 is 11.1 Å². The highest BCUT2D eigenvalue weighted by molar-refractivity contribution is 5.97. The highest BCUT2D eigenvalue weighted by Crippen LogP contribution is 2.22. The number of hydrogen-bond acceptors (Lipinski definition) is 3. The molecule has 5 heteroatoms. The van der Waals surface area contributed by atoms with Gasteiger partial charge in [0, 0.05) is 12.0 Å². The van der Waals surface area contributed by atoms with Crippen LogP contribution in [0.1, 0.15) is 47.8 Å². The monoisotopic (exact) mass is 349 g/mol. The van der Waals surface area contributed by atoms with Gasteiger partial charge in [0.2, 0.25) is 5.91 Å². The molecule has 0 bridgehead atoms. The van der Waals surface area contributed by atoms with Crippen molar-refractivity contribution in [2.75, 3.05) is 0 Å². The molecular weight excluding hydrogens is 326 g/mol. The van der Waals surface area contributed by atoms with E-state index in [2.05, 4.69) is 32.2 Å². The van der Waals surface area contributed by atoms with Gasteiger partial charge in [-0.2, -0.15) is 5.26 Å². The van der Waals surface area contributed by atoms with E-state index in [4.69, 9.17) is 11.0 Å². The van der Waals surface area contributed by atoms with Crippen LogP contribution in [0.25, 0.3) is 0 Å². The largest absolute Gasteiger partial charge is 0.368 e. The van der Waals surface area contributed by atoms with E-state index < -0.39 is 11.9 Å². The van der Waals surface area contributed by atoms with Crippen LogP contribution in [0.5, 0.6) is 0 Å². The molecule has 2 aromatic carbocycles. The van der Waals surface area contributed by atoms with E-state index in [9.17, 15) is 9.59 Å². The van der Waals surface area contributed by atoms with Crippen LogP contribution in [0.3, 0.4) is 0 Å². The molecule has 2 amide bonds. The van der Waals surface area contributed by atoms with Crippen molar-refractivity contribution in [1.82, 2.24) is 5.32 Å². The van der Waals surface area contributed by atoms with Gasteiger partial charge in [0.25, 0.3) is 5.91 Å². The predicted octanol–water partition coefficient (Wildman–Crippen LogP) is 2.68. The fourth-order valence-electron chi connectivity index (χ4n) is 2.61. The summed E-state index contributed by atoms with van der Waals surface area (Å²) in [4.78, 5) is 24.3. The van der Waals surface area contributed by atoms with Crippen molar-refractivity contribution in [2.45, 2.75) is 38.6 Å². The Bertz CT molecular complexity index is 843. The second-order valence-electron chi connectivity index (χ2n) is 7.23. The van der Waals surface area contributed by atoms with Gasteiger partial charge in [-0.1, -0.05) is 51.1 Å². The van der Waals surface area contributed by atoms with Gasteiger partial charge >= 0.3 is 0 Å². The summed E-state index contributed by atoms with van der Waals surface area (Å²) in [6.07, 6.45) is 0.172. The molecule has 0 radical (unpaired) electrons. The summed E-state index contributed by atoms with van der Waals surface area (Å²) in [7, 11) is 0. The summed E-state index contributed by atoms with van der Waals surface area (Å²) < 4.78 is 0. The quantitative estimate of drug-likeness (QED) is 0.868. The standard InChI is InChI=1S/C21H23N3O2/c1-21(2,3)17-10-8-14(9-11-17)20(26)24-18(19(23)25)12-15-6-4-5-7-16(15)13-22/h4-11,18H,12H2,1-3H3,(H2,23,25)(H,24,26)/t18-/m1/s1. The van der Waals surface area contributed by atoms with Gasteiger partial charge in [0.05, 0.1) is 11.6 Å². The Hall–Kier alpha value is -3.13. The van der Waals surface area contributed by atoms with Gasteiger partial charge in [-0.15, -0.1) is 0 Å². The van der Waals surface area contributed by atoms with Crippen LogP contribution >= 0.6 is 0 Å². The Balaban J connectivity index is 2.16. The van der Waals surface area contributed by atoms with E-state index >= 15 is 0 Å². The average molecular weight is 349 g/mol. The van der Waals surface area contributed by atoms with Gasteiger partial charge in [-0.3, -0.25) is 9.59 Å². The molecule has 2 rings (SSSR count). The number of carbonyl (C=O) groups is 2.